The van der Waals surface area contributed by atoms with Crippen molar-refractivity contribution < 1.29 is 9.59 Å². The first-order valence-electron chi connectivity index (χ1n) is 9.06. The maximum atomic E-state index is 12.5. The van der Waals surface area contributed by atoms with Gasteiger partial charge in [-0.3, -0.25) is 9.59 Å². The summed E-state index contributed by atoms with van der Waals surface area (Å²) in [6, 6.07) is 13.3. The summed E-state index contributed by atoms with van der Waals surface area (Å²) in [5.74, 6) is 0.286. The minimum atomic E-state index is -0.145. The topological polar surface area (TPSA) is 52.7 Å². The number of anilines is 3. The van der Waals surface area contributed by atoms with Crippen LogP contribution in [-0.4, -0.2) is 32.5 Å². The second-order valence-corrected chi connectivity index (χ2v) is 7.25. The van der Waals surface area contributed by atoms with Crippen molar-refractivity contribution in [1.82, 2.24) is 0 Å². The molecule has 0 atom stereocenters. The lowest BCUT2D eigenvalue weighted by Crippen LogP contribution is -2.30. The SMILES string of the molecule is CN(C)c1ccc(C(=O)Nc2ccc3c(c2)N(C(=O)C2CC2)CC3)cc1. The average molecular weight is 349 g/mol. The molecule has 1 aliphatic heterocycles. The van der Waals surface area contributed by atoms with Crippen molar-refractivity contribution in [3.8, 4) is 0 Å². The number of benzene rings is 2. The maximum Gasteiger partial charge on any atom is 0.255 e. The van der Waals surface area contributed by atoms with E-state index in [1.807, 2.05) is 66.4 Å². The zero-order valence-electron chi connectivity index (χ0n) is 15.2. The molecule has 5 heteroatoms. The molecule has 0 radical (unpaired) electrons. The van der Waals surface area contributed by atoms with Gasteiger partial charge in [0.1, 0.15) is 0 Å². The molecular formula is C21H23N3O2. The normalized spacial score (nSPS) is 15.5. The van der Waals surface area contributed by atoms with E-state index in [2.05, 4.69) is 5.32 Å². The van der Waals surface area contributed by atoms with E-state index in [1.165, 1.54) is 5.56 Å². The minimum absolute atomic E-state index is 0.145. The van der Waals surface area contributed by atoms with Crippen LogP contribution in [0, 0.1) is 5.92 Å². The highest BCUT2D eigenvalue weighted by atomic mass is 16.2. The van der Waals surface area contributed by atoms with E-state index in [0.29, 0.717) is 5.56 Å². The van der Waals surface area contributed by atoms with E-state index < -0.39 is 0 Å². The monoisotopic (exact) mass is 349 g/mol. The third-order valence-electron chi connectivity index (χ3n) is 5.08. The van der Waals surface area contributed by atoms with Crippen LogP contribution in [0.15, 0.2) is 42.5 Å². The van der Waals surface area contributed by atoms with Gasteiger partial charge in [-0.25, -0.2) is 0 Å². The van der Waals surface area contributed by atoms with E-state index in [9.17, 15) is 9.59 Å². The summed E-state index contributed by atoms with van der Waals surface area (Å²) in [5.41, 5.74) is 4.51. The van der Waals surface area contributed by atoms with Crippen LogP contribution >= 0.6 is 0 Å². The number of rotatable bonds is 4. The predicted molar refractivity (Wildman–Crippen MR) is 104 cm³/mol. The fourth-order valence-electron chi connectivity index (χ4n) is 3.35. The van der Waals surface area contributed by atoms with E-state index in [-0.39, 0.29) is 17.7 Å². The molecule has 1 saturated carbocycles. The van der Waals surface area contributed by atoms with Gasteiger partial charge in [0.25, 0.3) is 5.91 Å². The molecule has 0 spiro atoms. The summed E-state index contributed by atoms with van der Waals surface area (Å²) in [6.07, 6.45) is 2.89. The number of hydrogen-bond donors (Lipinski definition) is 1. The van der Waals surface area contributed by atoms with E-state index in [0.717, 1.165) is 42.9 Å². The number of fused-ring (bicyclic) bond motifs is 1. The summed E-state index contributed by atoms with van der Waals surface area (Å²) in [4.78, 5) is 28.8. The zero-order valence-corrected chi connectivity index (χ0v) is 15.2. The Morgan fingerprint density at radius 2 is 1.81 bits per heavy atom. The molecule has 5 nitrogen and oxygen atoms in total. The van der Waals surface area contributed by atoms with Gasteiger partial charge in [0.05, 0.1) is 0 Å². The number of carbonyl (C=O) groups is 2. The molecule has 1 heterocycles. The van der Waals surface area contributed by atoms with Crippen LogP contribution in [0.2, 0.25) is 0 Å². The summed E-state index contributed by atoms with van der Waals surface area (Å²) in [6.45, 7) is 0.744. The highest BCUT2D eigenvalue weighted by Gasteiger charge is 2.36. The maximum absolute atomic E-state index is 12.5. The van der Waals surface area contributed by atoms with Gasteiger partial charge in [0.15, 0.2) is 0 Å². The molecule has 2 aromatic rings. The van der Waals surface area contributed by atoms with Crippen LogP contribution in [0.1, 0.15) is 28.8 Å². The summed E-state index contributed by atoms with van der Waals surface area (Å²) >= 11 is 0. The van der Waals surface area contributed by atoms with Crippen molar-refractivity contribution in [2.75, 3.05) is 35.8 Å². The first kappa shape index (κ1) is 16.6. The standard InChI is InChI=1S/C21H23N3O2/c1-23(2)18-9-6-15(7-10-18)20(25)22-17-8-5-14-11-12-24(19(14)13-17)21(26)16-3-4-16/h5-10,13,16H,3-4,11-12H2,1-2H3,(H,22,25). The fraction of sp³-hybridized carbons (Fsp3) is 0.333. The molecule has 0 aromatic heterocycles. The van der Waals surface area contributed by atoms with Crippen molar-refractivity contribution in [3.05, 3.63) is 53.6 Å². The molecule has 1 fully saturated rings. The lowest BCUT2D eigenvalue weighted by Gasteiger charge is -2.18. The van der Waals surface area contributed by atoms with Crippen LogP contribution in [0.25, 0.3) is 0 Å². The quantitative estimate of drug-likeness (QED) is 0.921. The van der Waals surface area contributed by atoms with Crippen molar-refractivity contribution in [2.24, 2.45) is 5.92 Å². The zero-order chi connectivity index (χ0) is 18.3. The Morgan fingerprint density at radius 1 is 1.08 bits per heavy atom. The first-order chi connectivity index (χ1) is 12.5. The van der Waals surface area contributed by atoms with Gasteiger partial charge in [-0.15, -0.1) is 0 Å². The highest BCUT2D eigenvalue weighted by Crippen LogP contribution is 2.37. The van der Waals surface area contributed by atoms with Gasteiger partial charge in [0.2, 0.25) is 5.91 Å². The van der Waals surface area contributed by atoms with Crippen molar-refractivity contribution >= 4 is 28.9 Å². The largest absolute Gasteiger partial charge is 0.378 e. The Kier molecular flexibility index (Phi) is 4.15. The third kappa shape index (κ3) is 3.17. The number of nitrogens with zero attached hydrogens (tertiary/aromatic N) is 2. The lowest BCUT2D eigenvalue weighted by molar-refractivity contribution is -0.119. The second-order valence-electron chi connectivity index (χ2n) is 7.25. The molecule has 0 unspecified atom stereocenters. The Balaban J connectivity index is 1.51. The van der Waals surface area contributed by atoms with Crippen molar-refractivity contribution in [3.63, 3.8) is 0 Å². The number of hydrogen-bond acceptors (Lipinski definition) is 3. The smallest absolute Gasteiger partial charge is 0.255 e. The molecule has 134 valence electrons. The molecule has 1 aliphatic carbocycles. The van der Waals surface area contributed by atoms with Crippen molar-refractivity contribution in [1.29, 1.82) is 0 Å². The molecule has 0 saturated heterocycles. The fourth-order valence-corrected chi connectivity index (χ4v) is 3.35. The minimum Gasteiger partial charge on any atom is -0.378 e. The van der Waals surface area contributed by atoms with Crippen LogP contribution in [0.5, 0.6) is 0 Å². The van der Waals surface area contributed by atoms with Gasteiger partial charge < -0.3 is 15.1 Å². The number of nitrogens with one attached hydrogen (secondary N) is 1. The summed E-state index contributed by atoms with van der Waals surface area (Å²) in [5, 5.41) is 2.95. The van der Waals surface area contributed by atoms with Crippen molar-refractivity contribution in [2.45, 2.75) is 19.3 Å². The van der Waals surface area contributed by atoms with E-state index >= 15 is 0 Å². The third-order valence-corrected chi connectivity index (χ3v) is 5.08. The van der Waals surface area contributed by atoms with E-state index in [1.54, 1.807) is 0 Å². The molecule has 26 heavy (non-hydrogen) atoms. The van der Waals surface area contributed by atoms with Gasteiger partial charge in [0, 0.05) is 49.2 Å². The molecule has 2 aliphatic rings. The molecule has 2 amide bonds. The van der Waals surface area contributed by atoms with Gasteiger partial charge in [-0.2, -0.15) is 0 Å². The molecule has 4 rings (SSSR count). The Hall–Kier alpha value is -2.82. The highest BCUT2D eigenvalue weighted by molar-refractivity contribution is 6.05. The molecule has 0 bridgehead atoms. The number of amides is 2. The van der Waals surface area contributed by atoms with Gasteiger partial charge in [-0.1, -0.05) is 6.07 Å². The summed E-state index contributed by atoms with van der Waals surface area (Å²) < 4.78 is 0. The van der Waals surface area contributed by atoms with Gasteiger partial charge in [-0.05, 0) is 61.2 Å². The Labute approximate surface area is 153 Å². The Morgan fingerprint density at radius 3 is 2.46 bits per heavy atom. The Bertz CT molecular complexity index is 854. The molecule has 1 N–H and O–H groups in total. The first-order valence-corrected chi connectivity index (χ1v) is 9.06. The van der Waals surface area contributed by atoms with Gasteiger partial charge >= 0.3 is 0 Å². The van der Waals surface area contributed by atoms with Crippen LogP contribution in [-0.2, 0) is 11.2 Å². The summed E-state index contributed by atoms with van der Waals surface area (Å²) in [7, 11) is 3.93. The molecule has 2 aromatic carbocycles. The second kappa shape index (κ2) is 6.48. The average Bonchev–Trinajstić information content (AvgIpc) is 3.41. The lowest BCUT2D eigenvalue weighted by atomic mass is 10.1. The van der Waals surface area contributed by atoms with Crippen LogP contribution in [0.3, 0.4) is 0 Å². The molecular weight excluding hydrogens is 326 g/mol. The number of carbonyl (C=O) groups excluding carboxylic acids is 2. The van der Waals surface area contributed by atoms with E-state index in [4.69, 9.17) is 0 Å². The van der Waals surface area contributed by atoms with Crippen LogP contribution in [0.4, 0.5) is 17.1 Å². The predicted octanol–water partition coefficient (Wildman–Crippen LogP) is 3.30. The van der Waals surface area contributed by atoms with Crippen LogP contribution < -0.4 is 15.1 Å².